The van der Waals surface area contributed by atoms with Crippen molar-refractivity contribution in [1.29, 1.82) is 0 Å². The Bertz CT molecular complexity index is 681. The molecule has 0 fully saturated rings. The Morgan fingerprint density at radius 3 is 2.68 bits per heavy atom. The lowest BCUT2D eigenvalue weighted by Crippen LogP contribution is -2.39. The molecule has 0 aromatic heterocycles. The summed E-state index contributed by atoms with van der Waals surface area (Å²) in [4.78, 5) is 12.5. The van der Waals surface area contributed by atoms with E-state index in [0.717, 1.165) is 25.7 Å². The Morgan fingerprint density at radius 1 is 1.24 bits per heavy atom. The summed E-state index contributed by atoms with van der Waals surface area (Å²) in [5, 5.41) is 0. The molecule has 136 valence electrons. The molecule has 0 radical (unpaired) electrons. The molecular formula is C22H30O3. The molecule has 3 heteroatoms. The largest absolute Gasteiger partial charge is 0.497 e. The van der Waals surface area contributed by atoms with Gasteiger partial charge in [-0.15, -0.1) is 0 Å². The minimum Gasteiger partial charge on any atom is -0.497 e. The van der Waals surface area contributed by atoms with Crippen LogP contribution in [0.3, 0.4) is 0 Å². The van der Waals surface area contributed by atoms with Crippen LogP contribution in [0.5, 0.6) is 11.5 Å². The van der Waals surface area contributed by atoms with Crippen molar-refractivity contribution < 1.29 is 14.3 Å². The molecule has 0 saturated heterocycles. The fraction of sp³-hybridized carbons (Fsp3) is 0.500. The first-order chi connectivity index (χ1) is 11.8. The van der Waals surface area contributed by atoms with Crippen molar-refractivity contribution in [2.45, 2.75) is 65.4 Å². The van der Waals surface area contributed by atoms with Crippen LogP contribution in [-0.4, -0.2) is 18.5 Å². The number of hydrogen-bond acceptors (Lipinski definition) is 3. The highest BCUT2D eigenvalue weighted by atomic mass is 16.5. The molecule has 0 bridgehead atoms. The zero-order valence-corrected chi connectivity index (χ0v) is 16.1. The number of fused-ring (bicyclic) bond motifs is 1. The van der Waals surface area contributed by atoms with Crippen molar-refractivity contribution in [2.24, 2.45) is 0 Å². The number of methoxy groups -OCH3 is 1. The van der Waals surface area contributed by atoms with Crippen LogP contribution >= 0.6 is 0 Å². The molecule has 25 heavy (non-hydrogen) atoms. The molecule has 1 aromatic rings. The van der Waals surface area contributed by atoms with E-state index in [-0.39, 0.29) is 5.78 Å². The first-order valence-electron chi connectivity index (χ1n) is 9.02. The van der Waals surface area contributed by atoms with E-state index in [4.69, 9.17) is 9.47 Å². The number of rotatable bonds is 7. The molecule has 0 saturated carbocycles. The minimum atomic E-state index is -0.451. The van der Waals surface area contributed by atoms with Gasteiger partial charge < -0.3 is 9.47 Å². The van der Waals surface area contributed by atoms with Crippen LogP contribution < -0.4 is 9.47 Å². The van der Waals surface area contributed by atoms with Crippen LogP contribution in [0.4, 0.5) is 0 Å². The normalized spacial score (nSPS) is 19.9. The van der Waals surface area contributed by atoms with Crippen molar-refractivity contribution in [3.8, 4) is 11.5 Å². The van der Waals surface area contributed by atoms with Crippen molar-refractivity contribution in [2.75, 3.05) is 7.11 Å². The second-order valence-corrected chi connectivity index (χ2v) is 7.42. The van der Waals surface area contributed by atoms with Gasteiger partial charge in [-0.2, -0.15) is 0 Å². The lowest BCUT2D eigenvalue weighted by atomic mass is 9.87. The Hall–Kier alpha value is -2.03. The van der Waals surface area contributed by atoms with Crippen LogP contribution in [-0.2, 0) is 0 Å². The summed E-state index contributed by atoms with van der Waals surface area (Å²) in [6, 6.07) is 5.41. The van der Waals surface area contributed by atoms with Crippen LogP contribution in [0, 0.1) is 0 Å². The lowest BCUT2D eigenvalue weighted by Gasteiger charge is -2.35. The lowest BCUT2D eigenvalue weighted by molar-refractivity contribution is 0.0474. The van der Waals surface area contributed by atoms with E-state index >= 15 is 0 Å². The van der Waals surface area contributed by atoms with Gasteiger partial charge in [-0.05, 0) is 65.5 Å². The van der Waals surface area contributed by atoms with Crippen molar-refractivity contribution in [1.82, 2.24) is 0 Å². The van der Waals surface area contributed by atoms with Crippen LogP contribution in [0.1, 0.15) is 70.2 Å². The highest BCUT2D eigenvalue weighted by Gasteiger charge is 2.36. The Kier molecular flexibility index (Phi) is 6.46. The van der Waals surface area contributed by atoms with Crippen LogP contribution in [0.15, 0.2) is 41.5 Å². The van der Waals surface area contributed by atoms with Crippen LogP contribution in [0.2, 0.25) is 0 Å². The average Bonchev–Trinajstić information content (AvgIpc) is 2.53. The molecule has 3 nitrogen and oxygen atoms in total. The van der Waals surface area contributed by atoms with E-state index in [1.165, 1.54) is 11.1 Å². The summed E-state index contributed by atoms with van der Waals surface area (Å²) >= 11 is 0. The molecule has 1 heterocycles. The minimum absolute atomic E-state index is 0.149. The number of carbonyl (C=O) groups excluding carboxylic acids is 1. The first kappa shape index (κ1) is 19.3. The fourth-order valence-electron chi connectivity index (χ4n) is 3.13. The zero-order chi connectivity index (χ0) is 18.4. The summed E-state index contributed by atoms with van der Waals surface area (Å²) in [5.41, 5.74) is 2.97. The highest BCUT2D eigenvalue weighted by Crippen LogP contribution is 2.37. The number of ether oxygens (including phenoxy) is 2. The molecule has 1 aliphatic heterocycles. The van der Waals surface area contributed by atoms with Gasteiger partial charge in [0.1, 0.15) is 17.1 Å². The molecular weight excluding hydrogens is 312 g/mol. The molecule has 2 rings (SSSR count). The topological polar surface area (TPSA) is 35.5 Å². The fourth-order valence-corrected chi connectivity index (χ4v) is 3.13. The quantitative estimate of drug-likeness (QED) is 0.579. The van der Waals surface area contributed by atoms with Gasteiger partial charge in [-0.1, -0.05) is 23.3 Å². The number of ketones is 1. The summed E-state index contributed by atoms with van der Waals surface area (Å²) in [5.74, 6) is 1.50. The number of allylic oxidation sites excluding steroid dienone is 4. The van der Waals surface area contributed by atoms with E-state index in [1.54, 1.807) is 19.2 Å². The second-order valence-electron chi connectivity index (χ2n) is 7.42. The molecule has 1 aromatic carbocycles. The van der Waals surface area contributed by atoms with Gasteiger partial charge in [0.05, 0.1) is 19.1 Å². The Balaban J connectivity index is 1.97. The van der Waals surface area contributed by atoms with E-state index in [9.17, 15) is 4.79 Å². The third kappa shape index (κ3) is 5.48. The maximum absolute atomic E-state index is 12.5. The number of Topliss-reactive ketones (excluding diaryl/α,β-unsaturated/α-hetero) is 1. The first-order valence-corrected chi connectivity index (χ1v) is 9.02. The van der Waals surface area contributed by atoms with Gasteiger partial charge in [0.2, 0.25) is 0 Å². The van der Waals surface area contributed by atoms with Gasteiger partial charge in [0.25, 0.3) is 0 Å². The smallest absolute Gasteiger partial charge is 0.170 e. The highest BCUT2D eigenvalue weighted by molar-refractivity contribution is 6.00. The van der Waals surface area contributed by atoms with Gasteiger partial charge in [-0.3, -0.25) is 4.79 Å². The van der Waals surface area contributed by atoms with Crippen molar-refractivity contribution in [3.05, 3.63) is 47.1 Å². The maximum Gasteiger partial charge on any atom is 0.170 e. The van der Waals surface area contributed by atoms with Gasteiger partial charge >= 0.3 is 0 Å². The Labute approximate surface area is 151 Å². The predicted octanol–water partition coefficient (Wildman–Crippen LogP) is 5.89. The molecule has 0 N–H and O–H groups in total. The van der Waals surface area contributed by atoms with E-state index in [1.807, 2.05) is 13.0 Å². The summed E-state index contributed by atoms with van der Waals surface area (Å²) < 4.78 is 11.4. The second kappa shape index (κ2) is 8.37. The van der Waals surface area contributed by atoms with Crippen LogP contribution in [0.25, 0.3) is 0 Å². The van der Waals surface area contributed by atoms with Gasteiger partial charge in [0, 0.05) is 6.07 Å². The molecule has 0 aliphatic carbocycles. The summed E-state index contributed by atoms with van der Waals surface area (Å²) in [7, 11) is 1.62. The monoisotopic (exact) mass is 342 g/mol. The molecule has 1 unspecified atom stereocenters. The molecule has 1 aliphatic rings. The maximum atomic E-state index is 12.5. The van der Waals surface area contributed by atoms with E-state index in [2.05, 4.69) is 32.9 Å². The van der Waals surface area contributed by atoms with Crippen molar-refractivity contribution in [3.63, 3.8) is 0 Å². The van der Waals surface area contributed by atoms with Gasteiger partial charge in [-0.25, -0.2) is 0 Å². The molecule has 0 amide bonds. The number of carbonyl (C=O) groups is 1. The summed E-state index contributed by atoms with van der Waals surface area (Å²) in [6.45, 7) is 8.46. The van der Waals surface area contributed by atoms with E-state index in [0.29, 0.717) is 23.5 Å². The molecule has 0 spiro atoms. The number of benzene rings is 1. The third-order valence-electron chi connectivity index (χ3n) is 4.64. The Morgan fingerprint density at radius 2 is 2.00 bits per heavy atom. The van der Waals surface area contributed by atoms with Gasteiger partial charge in [0.15, 0.2) is 5.78 Å². The zero-order valence-electron chi connectivity index (χ0n) is 16.1. The SMILES string of the molecule is COc1ccc2c(c1)OC(C)(CC/C=C(/C)CCC=C(C)C)CC2=O. The predicted molar refractivity (Wildman–Crippen MR) is 103 cm³/mol. The molecule has 1 atom stereocenters. The van der Waals surface area contributed by atoms with Crippen molar-refractivity contribution >= 4 is 5.78 Å². The third-order valence-corrected chi connectivity index (χ3v) is 4.64. The summed E-state index contributed by atoms with van der Waals surface area (Å²) in [6.07, 6.45) is 8.90. The number of hydrogen-bond donors (Lipinski definition) is 0. The average molecular weight is 342 g/mol. The standard InChI is InChI=1S/C22H30O3/c1-16(2)8-6-9-17(3)10-7-13-22(4)15-20(23)19-12-11-18(24-5)14-21(19)25-22/h8,10-12,14H,6-7,9,13,15H2,1-5H3/b17-10-. The van der Waals surface area contributed by atoms with E-state index < -0.39 is 5.60 Å².